The summed E-state index contributed by atoms with van der Waals surface area (Å²) in [6, 6.07) is 0. The minimum atomic E-state index is -0.221. The molecule has 0 saturated carbocycles. The number of nitrogens with two attached hydrogens (primary N) is 1. The van der Waals surface area contributed by atoms with Gasteiger partial charge in [0.1, 0.15) is 0 Å². The third-order valence-corrected chi connectivity index (χ3v) is 3.95. The van der Waals surface area contributed by atoms with Crippen LogP contribution >= 0.6 is 0 Å². The van der Waals surface area contributed by atoms with Gasteiger partial charge in [0.25, 0.3) is 0 Å². The first kappa shape index (κ1) is 13.8. The Morgan fingerprint density at radius 2 is 1.94 bits per heavy atom. The molecule has 2 unspecified atom stereocenters. The van der Waals surface area contributed by atoms with Crippen molar-refractivity contribution in [1.82, 2.24) is 9.80 Å². The molecule has 2 saturated heterocycles. The maximum Gasteiger partial charge on any atom is 0.231 e. The van der Waals surface area contributed by atoms with E-state index in [2.05, 4.69) is 16.7 Å². The van der Waals surface area contributed by atoms with Crippen LogP contribution in [0.4, 0.5) is 0 Å². The molecular weight excluding hydrogens is 230 g/mol. The van der Waals surface area contributed by atoms with Crippen LogP contribution in [0.1, 0.15) is 19.8 Å². The van der Waals surface area contributed by atoms with E-state index in [1.54, 1.807) is 0 Å². The van der Waals surface area contributed by atoms with E-state index >= 15 is 0 Å². The largest absolute Gasteiger partial charge is 0.378 e. The third-order valence-electron chi connectivity index (χ3n) is 3.95. The van der Waals surface area contributed by atoms with Gasteiger partial charge in [-0.15, -0.1) is 0 Å². The molecule has 5 nitrogen and oxygen atoms in total. The van der Waals surface area contributed by atoms with Gasteiger partial charge in [-0.1, -0.05) is 0 Å². The summed E-state index contributed by atoms with van der Waals surface area (Å²) in [6.07, 6.45) is 2.78. The Bertz CT molecular complexity index is 277. The second kappa shape index (κ2) is 6.50. The van der Waals surface area contributed by atoms with Gasteiger partial charge in [-0.05, 0) is 25.7 Å². The van der Waals surface area contributed by atoms with Crippen molar-refractivity contribution in [2.75, 3.05) is 45.9 Å². The summed E-state index contributed by atoms with van der Waals surface area (Å²) in [6.45, 7) is 8.69. The number of nitrogens with zero attached hydrogens (tertiary/aromatic N) is 2. The van der Waals surface area contributed by atoms with Crippen LogP contribution in [0.2, 0.25) is 0 Å². The van der Waals surface area contributed by atoms with Gasteiger partial charge >= 0.3 is 0 Å². The van der Waals surface area contributed by atoms with Crippen LogP contribution < -0.4 is 5.73 Å². The molecule has 2 aliphatic heterocycles. The molecule has 2 rings (SSSR count). The average Bonchev–Trinajstić information content (AvgIpc) is 2.31. The summed E-state index contributed by atoms with van der Waals surface area (Å²) in [7, 11) is 0. The molecule has 0 aliphatic carbocycles. The number of hydrogen-bond acceptors (Lipinski definition) is 4. The fourth-order valence-electron chi connectivity index (χ4n) is 2.97. The fourth-order valence-corrected chi connectivity index (χ4v) is 2.97. The first-order valence-corrected chi connectivity index (χ1v) is 6.98. The topological polar surface area (TPSA) is 58.8 Å². The maximum atomic E-state index is 10.9. The monoisotopic (exact) mass is 255 g/mol. The summed E-state index contributed by atoms with van der Waals surface area (Å²) in [5.41, 5.74) is 5.21. The number of amides is 1. The van der Waals surface area contributed by atoms with Gasteiger partial charge in [-0.25, -0.2) is 0 Å². The minimum Gasteiger partial charge on any atom is -0.378 e. The van der Waals surface area contributed by atoms with Crippen LogP contribution in [0, 0.1) is 5.92 Å². The molecule has 0 spiro atoms. The Hall–Kier alpha value is -0.650. The zero-order chi connectivity index (χ0) is 13.0. The molecule has 0 bridgehead atoms. The molecule has 1 amide bonds. The van der Waals surface area contributed by atoms with Gasteiger partial charge in [-0.3, -0.25) is 9.69 Å². The predicted molar refractivity (Wildman–Crippen MR) is 70.2 cm³/mol. The lowest BCUT2D eigenvalue weighted by atomic mass is 9.95. The van der Waals surface area contributed by atoms with E-state index in [1.165, 1.54) is 19.4 Å². The number of ether oxygens (including phenoxy) is 1. The van der Waals surface area contributed by atoms with Crippen LogP contribution in [0.25, 0.3) is 0 Å². The number of carbonyl (C=O) groups is 1. The Morgan fingerprint density at radius 3 is 2.56 bits per heavy atom. The van der Waals surface area contributed by atoms with E-state index in [0.29, 0.717) is 12.6 Å². The van der Waals surface area contributed by atoms with Crippen LogP contribution in [-0.2, 0) is 9.53 Å². The fraction of sp³-hybridized carbons (Fsp3) is 0.923. The average molecular weight is 255 g/mol. The van der Waals surface area contributed by atoms with Crippen LogP contribution in [0.3, 0.4) is 0 Å². The lowest BCUT2D eigenvalue weighted by Gasteiger charge is -2.37. The maximum absolute atomic E-state index is 10.9. The van der Waals surface area contributed by atoms with Crippen molar-refractivity contribution >= 4 is 5.91 Å². The van der Waals surface area contributed by atoms with E-state index < -0.39 is 0 Å². The van der Waals surface area contributed by atoms with Crippen molar-refractivity contribution in [3.63, 3.8) is 0 Å². The van der Waals surface area contributed by atoms with Gasteiger partial charge in [0.2, 0.25) is 5.91 Å². The number of carbonyl (C=O) groups excluding carboxylic acids is 1. The highest BCUT2D eigenvalue weighted by Crippen LogP contribution is 2.21. The van der Waals surface area contributed by atoms with E-state index in [9.17, 15) is 4.79 Å². The lowest BCUT2D eigenvalue weighted by molar-refractivity contribution is -0.119. The van der Waals surface area contributed by atoms with Crippen molar-refractivity contribution in [2.24, 2.45) is 11.7 Å². The summed E-state index contributed by atoms with van der Waals surface area (Å²) in [5.74, 6) is 0.554. The highest BCUT2D eigenvalue weighted by Gasteiger charge is 2.24. The number of piperazine rings is 1. The van der Waals surface area contributed by atoms with E-state index in [1.807, 2.05) is 0 Å². The Morgan fingerprint density at radius 1 is 1.28 bits per heavy atom. The lowest BCUT2D eigenvalue weighted by Crippen LogP contribution is -2.50. The molecule has 0 aromatic rings. The Labute approximate surface area is 109 Å². The zero-order valence-corrected chi connectivity index (χ0v) is 11.3. The van der Waals surface area contributed by atoms with Crippen LogP contribution in [-0.4, -0.2) is 67.7 Å². The number of rotatable bonds is 4. The van der Waals surface area contributed by atoms with E-state index in [4.69, 9.17) is 10.5 Å². The van der Waals surface area contributed by atoms with E-state index in [-0.39, 0.29) is 5.91 Å². The van der Waals surface area contributed by atoms with Gasteiger partial charge in [0.15, 0.2) is 0 Å². The third kappa shape index (κ3) is 4.23. The second-order valence-corrected chi connectivity index (χ2v) is 5.61. The highest BCUT2D eigenvalue weighted by molar-refractivity contribution is 5.75. The summed E-state index contributed by atoms with van der Waals surface area (Å²) < 4.78 is 5.58. The molecule has 104 valence electrons. The first-order chi connectivity index (χ1) is 8.63. The molecule has 2 atom stereocenters. The summed E-state index contributed by atoms with van der Waals surface area (Å²) in [5, 5.41) is 0. The molecule has 0 aromatic carbocycles. The quantitative estimate of drug-likeness (QED) is 0.762. The molecule has 0 radical (unpaired) electrons. The predicted octanol–water partition coefficient (Wildman–Crippen LogP) is -0.0956. The van der Waals surface area contributed by atoms with Crippen molar-refractivity contribution in [2.45, 2.75) is 25.9 Å². The Kier molecular flexibility index (Phi) is 4.97. The van der Waals surface area contributed by atoms with Gasteiger partial charge in [0.05, 0.1) is 12.6 Å². The Balaban J connectivity index is 1.68. The summed E-state index contributed by atoms with van der Waals surface area (Å²) in [4.78, 5) is 15.5. The van der Waals surface area contributed by atoms with Crippen molar-refractivity contribution in [1.29, 1.82) is 0 Å². The van der Waals surface area contributed by atoms with Crippen LogP contribution in [0.15, 0.2) is 0 Å². The van der Waals surface area contributed by atoms with E-state index in [0.717, 1.165) is 38.7 Å². The standard InChI is InChI=1S/C13H25N3O2/c1-11-8-12(2-7-18-11)9-15-3-5-16(6-4-15)10-13(14)17/h11-12H,2-10H2,1H3,(H2,14,17). The van der Waals surface area contributed by atoms with Gasteiger partial charge in [-0.2, -0.15) is 0 Å². The zero-order valence-electron chi connectivity index (χ0n) is 11.3. The molecule has 5 heteroatoms. The van der Waals surface area contributed by atoms with Crippen molar-refractivity contribution < 1.29 is 9.53 Å². The highest BCUT2D eigenvalue weighted by atomic mass is 16.5. The van der Waals surface area contributed by atoms with Crippen molar-refractivity contribution in [3.8, 4) is 0 Å². The molecule has 2 aliphatic rings. The molecule has 2 N–H and O–H groups in total. The molecule has 2 heterocycles. The SMILES string of the molecule is CC1CC(CN2CCN(CC(N)=O)CC2)CCO1. The number of primary amides is 1. The summed E-state index contributed by atoms with van der Waals surface area (Å²) >= 11 is 0. The van der Waals surface area contributed by atoms with Gasteiger partial charge in [0, 0.05) is 39.3 Å². The number of hydrogen-bond donors (Lipinski definition) is 1. The van der Waals surface area contributed by atoms with Crippen molar-refractivity contribution in [3.05, 3.63) is 0 Å². The van der Waals surface area contributed by atoms with Crippen LogP contribution in [0.5, 0.6) is 0 Å². The molecule has 18 heavy (non-hydrogen) atoms. The molecule has 2 fully saturated rings. The second-order valence-electron chi connectivity index (χ2n) is 5.61. The normalized spacial score (nSPS) is 31.4. The smallest absolute Gasteiger partial charge is 0.231 e. The molecule has 0 aromatic heterocycles. The van der Waals surface area contributed by atoms with Gasteiger partial charge < -0.3 is 15.4 Å². The first-order valence-electron chi connectivity index (χ1n) is 6.98. The molecular formula is C13H25N3O2. The minimum absolute atomic E-state index is 0.221.